The lowest BCUT2D eigenvalue weighted by atomic mass is 9.99. The summed E-state index contributed by atoms with van der Waals surface area (Å²) >= 11 is 0. The number of rotatable bonds is 3. The van der Waals surface area contributed by atoms with E-state index in [2.05, 4.69) is 0 Å². The van der Waals surface area contributed by atoms with Gasteiger partial charge in [0.05, 0.1) is 24.3 Å². The van der Waals surface area contributed by atoms with Crippen molar-refractivity contribution < 1.29 is 19.7 Å². The summed E-state index contributed by atoms with van der Waals surface area (Å²) in [6, 6.07) is 4.92. The SMILES string of the molecule is COc1c(C)ccc(C#N)c1C(O)C(=O)O. The van der Waals surface area contributed by atoms with E-state index in [1.165, 1.54) is 13.2 Å². The Kier molecular flexibility index (Phi) is 3.48. The van der Waals surface area contributed by atoms with E-state index in [-0.39, 0.29) is 16.9 Å². The van der Waals surface area contributed by atoms with Gasteiger partial charge >= 0.3 is 5.97 Å². The van der Waals surface area contributed by atoms with E-state index >= 15 is 0 Å². The van der Waals surface area contributed by atoms with Gasteiger partial charge in [0.2, 0.25) is 0 Å². The normalized spacial score (nSPS) is 11.6. The van der Waals surface area contributed by atoms with Crippen molar-refractivity contribution >= 4 is 5.97 Å². The second-order valence-electron chi connectivity index (χ2n) is 3.23. The molecule has 0 heterocycles. The average molecular weight is 221 g/mol. The van der Waals surface area contributed by atoms with Gasteiger partial charge in [-0.25, -0.2) is 4.79 Å². The first-order valence-electron chi connectivity index (χ1n) is 4.51. The number of methoxy groups -OCH3 is 1. The predicted octanol–water partition coefficient (Wildman–Crippen LogP) is 0.993. The zero-order valence-corrected chi connectivity index (χ0v) is 8.89. The van der Waals surface area contributed by atoms with Crippen LogP contribution >= 0.6 is 0 Å². The summed E-state index contributed by atoms with van der Waals surface area (Å²) in [5.41, 5.74) is 0.756. The molecule has 84 valence electrons. The van der Waals surface area contributed by atoms with Crippen molar-refractivity contribution in [3.63, 3.8) is 0 Å². The highest BCUT2D eigenvalue weighted by atomic mass is 16.5. The molecule has 0 fully saturated rings. The van der Waals surface area contributed by atoms with Gasteiger partial charge in [-0.3, -0.25) is 0 Å². The Morgan fingerprint density at radius 1 is 1.56 bits per heavy atom. The molecule has 0 bridgehead atoms. The highest BCUT2D eigenvalue weighted by molar-refractivity contribution is 5.77. The third kappa shape index (κ3) is 1.97. The van der Waals surface area contributed by atoms with Crippen LogP contribution in [0.3, 0.4) is 0 Å². The van der Waals surface area contributed by atoms with Gasteiger partial charge in [-0.1, -0.05) is 6.07 Å². The summed E-state index contributed by atoms with van der Waals surface area (Å²) in [4.78, 5) is 10.7. The zero-order chi connectivity index (χ0) is 12.3. The molecule has 5 heteroatoms. The second-order valence-corrected chi connectivity index (χ2v) is 3.23. The third-order valence-corrected chi connectivity index (χ3v) is 2.22. The van der Waals surface area contributed by atoms with E-state index in [1.54, 1.807) is 13.0 Å². The molecule has 0 saturated carbocycles. The van der Waals surface area contributed by atoms with Gasteiger partial charge in [-0.2, -0.15) is 5.26 Å². The Morgan fingerprint density at radius 3 is 2.62 bits per heavy atom. The predicted molar refractivity (Wildman–Crippen MR) is 55.0 cm³/mol. The lowest BCUT2D eigenvalue weighted by Crippen LogP contribution is -2.14. The molecule has 1 atom stereocenters. The highest BCUT2D eigenvalue weighted by Gasteiger charge is 2.25. The zero-order valence-electron chi connectivity index (χ0n) is 8.89. The summed E-state index contributed by atoms with van der Waals surface area (Å²) in [6.45, 7) is 1.71. The molecule has 0 aliphatic heterocycles. The smallest absolute Gasteiger partial charge is 0.337 e. The molecule has 1 rings (SSSR count). The minimum atomic E-state index is -1.76. The molecule has 1 aromatic rings. The minimum Gasteiger partial charge on any atom is -0.496 e. The first-order chi connectivity index (χ1) is 7.52. The van der Waals surface area contributed by atoms with Crippen molar-refractivity contribution in [1.82, 2.24) is 0 Å². The number of hydrogen-bond acceptors (Lipinski definition) is 4. The number of aliphatic carboxylic acids is 1. The molecule has 0 aliphatic rings. The van der Waals surface area contributed by atoms with Crippen molar-refractivity contribution in [2.24, 2.45) is 0 Å². The lowest BCUT2D eigenvalue weighted by molar-refractivity contribution is -0.147. The summed E-state index contributed by atoms with van der Waals surface area (Å²) in [5, 5.41) is 27.1. The van der Waals surface area contributed by atoms with Gasteiger partial charge in [0.15, 0.2) is 6.10 Å². The Bertz CT molecular complexity index is 462. The average Bonchev–Trinajstić information content (AvgIpc) is 2.27. The molecule has 0 spiro atoms. The number of nitrogens with zero attached hydrogens (tertiary/aromatic N) is 1. The fourth-order valence-electron chi connectivity index (χ4n) is 1.47. The molecule has 1 aromatic carbocycles. The van der Waals surface area contributed by atoms with Crippen molar-refractivity contribution in [2.45, 2.75) is 13.0 Å². The molecular weight excluding hydrogens is 210 g/mol. The van der Waals surface area contributed by atoms with Gasteiger partial charge in [-0.15, -0.1) is 0 Å². The Hall–Kier alpha value is -2.06. The van der Waals surface area contributed by atoms with E-state index in [9.17, 15) is 9.90 Å². The number of ether oxygens (including phenoxy) is 1. The van der Waals surface area contributed by atoms with Crippen molar-refractivity contribution in [2.75, 3.05) is 7.11 Å². The van der Waals surface area contributed by atoms with Crippen molar-refractivity contribution in [3.05, 3.63) is 28.8 Å². The molecule has 0 saturated heterocycles. The number of aryl methyl sites for hydroxylation is 1. The largest absolute Gasteiger partial charge is 0.496 e. The molecule has 5 nitrogen and oxygen atoms in total. The maximum Gasteiger partial charge on any atom is 0.337 e. The van der Waals surface area contributed by atoms with Crippen LogP contribution in [0, 0.1) is 18.3 Å². The minimum absolute atomic E-state index is 0.00231. The van der Waals surface area contributed by atoms with E-state index in [0.29, 0.717) is 5.56 Å². The van der Waals surface area contributed by atoms with Crippen LogP contribution in [0.5, 0.6) is 5.75 Å². The number of hydrogen-bond donors (Lipinski definition) is 2. The molecule has 0 amide bonds. The van der Waals surface area contributed by atoms with E-state index in [4.69, 9.17) is 15.1 Å². The lowest BCUT2D eigenvalue weighted by Gasteiger charge is -2.15. The summed E-state index contributed by atoms with van der Waals surface area (Å²) in [5.74, 6) is -1.19. The number of carboxylic acids is 1. The van der Waals surface area contributed by atoms with Crippen LogP contribution in [0.4, 0.5) is 0 Å². The second kappa shape index (κ2) is 4.64. The first kappa shape index (κ1) is 12.0. The standard InChI is InChI=1S/C11H11NO4/c1-6-3-4-7(5-12)8(10(6)16-2)9(13)11(14)15/h3-4,9,13H,1-2H3,(H,14,15). The number of aliphatic hydroxyl groups excluding tert-OH is 1. The van der Waals surface area contributed by atoms with Gasteiger partial charge in [0, 0.05) is 0 Å². The van der Waals surface area contributed by atoms with E-state index < -0.39 is 12.1 Å². The molecule has 0 aromatic heterocycles. The van der Waals surface area contributed by atoms with Crippen LogP contribution < -0.4 is 4.74 Å². The number of carbonyl (C=O) groups is 1. The molecule has 0 radical (unpaired) electrons. The number of carboxylic acid groups (broad SMARTS) is 1. The third-order valence-electron chi connectivity index (χ3n) is 2.22. The molecule has 2 N–H and O–H groups in total. The summed E-state index contributed by atoms with van der Waals surface area (Å²) in [7, 11) is 1.36. The molecule has 16 heavy (non-hydrogen) atoms. The Labute approximate surface area is 92.5 Å². The highest BCUT2D eigenvalue weighted by Crippen LogP contribution is 2.31. The van der Waals surface area contributed by atoms with Crippen LogP contribution in [-0.2, 0) is 4.79 Å². The van der Waals surface area contributed by atoms with Gasteiger partial charge in [-0.05, 0) is 18.6 Å². The van der Waals surface area contributed by atoms with Crippen LogP contribution in [0.1, 0.15) is 22.8 Å². The van der Waals surface area contributed by atoms with Gasteiger partial charge in [0.1, 0.15) is 5.75 Å². The monoisotopic (exact) mass is 221 g/mol. The van der Waals surface area contributed by atoms with Gasteiger partial charge in [0.25, 0.3) is 0 Å². The van der Waals surface area contributed by atoms with Crippen LogP contribution in [0.15, 0.2) is 12.1 Å². The fraction of sp³-hybridized carbons (Fsp3) is 0.273. The summed E-state index contributed by atoms with van der Waals surface area (Å²) in [6.07, 6.45) is -1.76. The quantitative estimate of drug-likeness (QED) is 0.794. The fourth-order valence-corrected chi connectivity index (χ4v) is 1.47. The van der Waals surface area contributed by atoms with Crippen molar-refractivity contribution in [3.8, 4) is 11.8 Å². The Balaban J connectivity index is 3.49. The number of aliphatic hydroxyl groups is 1. The van der Waals surface area contributed by atoms with Gasteiger partial charge < -0.3 is 14.9 Å². The van der Waals surface area contributed by atoms with Crippen LogP contribution in [0.2, 0.25) is 0 Å². The molecule has 1 unspecified atom stereocenters. The van der Waals surface area contributed by atoms with Crippen LogP contribution in [-0.4, -0.2) is 23.3 Å². The Morgan fingerprint density at radius 2 is 2.19 bits per heavy atom. The maximum atomic E-state index is 10.7. The summed E-state index contributed by atoms with van der Waals surface area (Å²) < 4.78 is 5.02. The maximum absolute atomic E-state index is 10.7. The van der Waals surface area contributed by atoms with E-state index in [1.807, 2.05) is 6.07 Å². The van der Waals surface area contributed by atoms with E-state index in [0.717, 1.165) is 0 Å². The topological polar surface area (TPSA) is 90.5 Å². The van der Waals surface area contributed by atoms with Crippen molar-refractivity contribution in [1.29, 1.82) is 5.26 Å². The number of nitriles is 1. The molecule has 0 aliphatic carbocycles. The number of benzene rings is 1. The van der Waals surface area contributed by atoms with Crippen LogP contribution in [0.25, 0.3) is 0 Å². The first-order valence-corrected chi connectivity index (χ1v) is 4.51. The molecular formula is C11H11NO4.